The maximum Gasteiger partial charge on any atom is 0.248 e. The number of rotatable bonds is 4. The van der Waals surface area contributed by atoms with Crippen molar-refractivity contribution in [2.45, 2.75) is 6.54 Å². The van der Waals surface area contributed by atoms with Gasteiger partial charge in [0.05, 0.1) is 11.6 Å². The summed E-state index contributed by atoms with van der Waals surface area (Å²) in [5.41, 5.74) is 1.60. The first-order valence-corrected chi connectivity index (χ1v) is 8.33. The lowest BCUT2D eigenvalue weighted by Crippen LogP contribution is -2.20. The molecule has 0 saturated heterocycles. The van der Waals surface area contributed by atoms with E-state index in [9.17, 15) is 4.39 Å². The van der Waals surface area contributed by atoms with E-state index in [1.807, 2.05) is 24.3 Å². The Balaban J connectivity index is 1.59. The van der Waals surface area contributed by atoms with Crippen molar-refractivity contribution in [1.82, 2.24) is 14.8 Å². The molecule has 0 fully saturated rings. The van der Waals surface area contributed by atoms with Crippen molar-refractivity contribution >= 4 is 52.2 Å². The van der Waals surface area contributed by atoms with Crippen molar-refractivity contribution in [1.29, 1.82) is 0 Å². The number of hydrogen-bond donors (Lipinski definition) is 2. The minimum absolute atomic E-state index is 0.0122. The molecule has 0 unspecified atom stereocenters. The van der Waals surface area contributed by atoms with Crippen molar-refractivity contribution in [2.24, 2.45) is 0 Å². The summed E-state index contributed by atoms with van der Waals surface area (Å²) < 4.78 is 14.8. The van der Waals surface area contributed by atoms with Gasteiger partial charge >= 0.3 is 0 Å². The van der Waals surface area contributed by atoms with Gasteiger partial charge in [-0.2, -0.15) is 0 Å². The van der Waals surface area contributed by atoms with Crippen molar-refractivity contribution < 1.29 is 4.39 Å². The van der Waals surface area contributed by atoms with Crippen LogP contribution in [-0.4, -0.2) is 19.9 Å². The van der Waals surface area contributed by atoms with Crippen LogP contribution in [-0.2, 0) is 6.54 Å². The fourth-order valence-corrected chi connectivity index (χ4v) is 2.56. The van der Waals surface area contributed by atoms with E-state index in [1.54, 1.807) is 11.0 Å². The lowest BCUT2D eigenvalue weighted by molar-refractivity contribution is 0.628. The quantitative estimate of drug-likeness (QED) is 0.633. The van der Waals surface area contributed by atoms with E-state index < -0.39 is 5.82 Å². The van der Waals surface area contributed by atoms with Gasteiger partial charge < -0.3 is 5.32 Å². The standard InChI is InChI=1S/C16H12Cl2FN5S/c17-11-3-1-10(2-4-11)8-24-9-20-15(23-24)22-16(25)21-12-5-6-14(19)13(18)7-12/h1-7,9H,8H2,(H2,21,22,23,25). The summed E-state index contributed by atoms with van der Waals surface area (Å²) in [6.45, 7) is 0.555. The van der Waals surface area contributed by atoms with E-state index in [-0.39, 0.29) is 10.1 Å². The molecular formula is C16H12Cl2FN5S. The summed E-state index contributed by atoms with van der Waals surface area (Å²) >= 11 is 16.8. The van der Waals surface area contributed by atoms with Crippen molar-refractivity contribution in [2.75, 3.05) is 10.6 Å². The predicted octanol–water partition coefficient (Wildman–Crippen LogP) is 4.58. The fourth-order valence-electron chi connectivity index (χ4n) is 2.04. The molecule has 0 atom stereocenters. The van der Waals surface area contributed by atoms with Gasteiger partial charge in [0.15, 0.2) is 5.11 Å². The van der Waals surface area contributed by atoms with E-state index >= 15 is 0 Å². The highest BCUT2D eigenvalue weighted by Gasteiger charge is 2.06. The molecule has 0 aliphatic rings. The molecule has 0 radical (unpaired) electrons. The lowest BCUT2D eigenvalue weighted by Gasteiger charge is -2.08. The number of thiocarbonyl (C=S) groups is 1. The van der Waals surface area contributed by atoms with Gasteiger partial charge in [0.2, 0.25) is 5.95 Å². The van der Waals surface area contributed by atoms with Gasteiger partial charge in [-0.1, -0.05) is 35.3 Å². The van der Waals surface area contributed by atoms with Crippen LogP contribution in [0.2, 0.25) is 10.0 Å². The monoisotopic (exact) mass is 395 g/mol. The molecule has 25 heavy (non-hydrogen) atoms. The second kappa shape index (κ2) is 7.77. The number of nitrogens with zero attached hydrogens (tertiary/aromatic N) is 3. The fraction of sp³-hybridized carbons (Fsp3) is 0.0625. The molecule has 9 heteroatoms. The Labute approximate surface area is 158 Å². The highest BCUT2D eigenvalue weighted by Crippen LogP contribution is 2.19. The number of aromatic nitrogens is 3. The van der Waals surface area contributed by atoms with Crippen LogP contribution >= 0.6 is 35.4 Å². The number of benzene rings is 2. The van der Waals surface area contributed by atoms with Crippen molar-refractivity contribution in [3.8, 4) is 0 Å². The minimum atomic E-state index is -0.492. The molecule has 2 aromatic carbocycles. The third-order valence-corrected chi connectivity index (χ3v) is 3.94. The van der Waals surface area contributed by atoms with E-state index in [4.69, 9.17) is 35.4 Å². The van der Waals surface area contributed by atoms with Crippen LogP contribution in [0.5, 0.6) is 0 Å². The maximum absolute atomic E-state index is 13.1. The summed E-state index contributed by atoms with van der Waals surface area (Å²) in [5, 5.41) is 11.0. The summed E-state index contributed by atoms with van der Waals surface area (Å²) in [6.07, 6.45) is 1.59. The molecule has 1 aromatic heterocycles. The summed E-state index contributed by atoms with van der Waals surface area (Å²) in [6, 6.07) is 11.7. The molecule has 0 aliphatic carbocycles. The minimum Gasteiger partial charge on any atom is -0.332 e. The van der Waals surface area contributed by atoms with E-state index in [0.29, 0.717) is 23.2 Å². The van der Waals surface area contributed by atoms with Crippen LogP contribution in [0.4, 0.5) is 16.0 Å². The predicted molar refractivity (Wildman–Crippen MR) is 102 cm³/mol. The molecule has 0 spiro atoms. The Hall–Kier alpha value is -2.22. The molecule has 2 N–H and O–H groups in total. The molecule has 128 valence electrons. The normalized spacial score (nSPS) is 10.5. The maximum atomic E-state index is 13.1. The Morgan fingerprint density at radius 1 is 1.12 bits per heavy atom. The molecule has 0 bridgehead atoms. The third kappa shape index (κ3) is 4.88. The Morgan fingerprint density at radius 3 is 2.60 bits per heavy atom. The molecule has 0 aliphatic heterocycles. The van der Waals surface area contributed by atoms with Crippen LogP contribution in [0, 0.1) is 5.82 Å². The number of halogens is 3. The summed E-state index contributed by atoms with van der Waals surface area (Å²) in [5.74, 6) is -0.145. The van der Waals surface area contributed by atoms with Gasteiger partial charge in [0, 0.05) is 10.7 Å². The molecule has 3 rings (SSSR count). The first-order valence-electron chi connectivity index (χ1n) is 7.16. The SMILES string of the molecule is Fc1ccc(NC(=S)Nc2ncn(Cc3ccc(Cl)cc3)n2)cc1Cl. The molecule has 1 heterocycles. The lowest BCUT2D eigenvalue weighted by atomic mass is 10.2. The molecule has 5 nitrogen and oxygen atoms in total. The second-order valence-electron chi connectivity index (χ2n) is 5.10. The van der Waals surface area contributed by atoms with Crippen molar-refractivity contribution in [3.63, 3.8) is 0 Å². The summed E-state index contributed by atoms with van der Waals surface area (Å²) in [4.78, 5) is 4.14. The molecule has 0 amide bonds. The molecule has 0 saturated carbocycles. The number of hydrogen-bond acceptors (Lipinski definition) is 3. The van der Waals surface area contributed by atoms with Gasteiger partial charge in [0.1, 0.15) is 12.1 Å². The van der Waals surface area contributed by atoms with E-state index in [0.717, 1.165) is 5.56 Å². The smallest absolute Gasteiger partial charge is 0.248 e. The summed E-state index contributed by atoms with van der Waals surface area (Å²) in [7, 11) is 0. The first-order chi connectivity index (χ1) is 12.0. The van der Waals surface area contributed by atoms with Crippen LogP contribution in [0.25, 0.3) is 0 Å². The zero-order chi connectivity index (χ0) is 17.8. The Kier molecular flexibility index (Phi) is 5.47. The van der Waals surface area contributed by atoms with Gasteiger partial charge in [0.25, 0.3) is 0 Å². The molecular weight excluding hydrogens is 384 g/mol. The van der Waals surface area contributed by atoms with Gasteiger partial charge in [-0.05, 0) is 48.1 Å². The van der Waals surface area contributed by atoms with Gasteiger partial charge in [-0.15, -0.1) is 5.10 Å². The van der Waals surface area contributed by atoms with E-state index in [2.05, 4.69) is 20.7 Å². The first kappa shape index (κ1) is 17.6. The molecule has 3 aromatic rings. The number of anilines is 2. The van der Waals surface area contributed by atoms with E-state index in [1.165, 1.54) is 18.2 Å². The highest BCUT2D eigenvalue weighted by atomic mass is 35.5. The van der Waals surface area contributed by atoms with Crippen LogP contribution in [0.1, 0.15) is 5.56 Å². The Morgan fingerprint density at radius 2 is 1.88 bits per heavy atom. The average Bonchev–Trinajstić information content (AvgIpc) is 3.00. The topological polar surface area (TPSA) is 54.8 Å². The average molecular weight is 396 g/mol. The largest absolute Gasteiger partial charge is 0.332 e. The third-order valence-electron chi connectivity index (χ3n) is 3.20. The number of nitrogens with one attached hydrogen (secondary N) is 2. The van der Waals surface area contributed by atoms with Crippen LogP contribution in [0.15, 0.2) is 48.8 Å². The highest BCUT2D eigenvalue weighted by molar-refractivity contribution is 7.80. The second-order valence-corrected chi connectivity index (χ2v) is 6.35. The van der Waals surface area contributed by atoms with Crippen LogP contribution < -0.4 is 10.6 Å². The van der Waals surface area contributed by atoms with Crippen LogP contribution in [0.3, 0.4) is 0 Å². The zero-order valence-corrected chi connectivity index (χ0v) is 15.0. The van der Waals surface area contributed by atoms with Gasteiger partial charge in [-0.3, -0.25) is 5.32 Å². The Bertz CT molecular complexity index is 898. The van der Waals surface area contributed by atoms with Crippen molar-refractivity contribution in [3.05, 3.63) is 70.2 Å². The van der Waals surface area contributed by atoms with Gasteiger partial charge in [-0.25, -0.2) is 14.1 Å². The zero-order valence-electron chi connectivity index (χ0n) is 12.7.